The fourth-order valence-electron chi connectivity index (χ4n) is 4.79. The number of nitrogens with one attached hydrogen (secondary N) is 2. The second kappa shape index (κ2) is 12.2. The van der Waals surface area contributed by atoms with Gasteiger partial charge in [-0.3, -0.25) is 14.6 Å². The van der Waals surface area contributed by atoms with Crippen molar-refractivity contribution in [3.05, 3.63) is 123 Å². The summed E-state index contributed by atoms with van der Waals surface area (Å²) in [5.74, 6) is -1.29. The second-order valence-corrected chi connectivity index (χ2v) is 11.6. The first kappa shape index (κ1) is 30.6. The van der Waals surface area contributed by atoms with Crippen LogP contribution in [-0.2, 0) is 23.9 Å². The van der Waals surface area contributed by atoms with Crippen LogP contribution in [0.4, 0.5) is 4.39 Å². The predicted molar refractivity (Wildman–Crippen MR) is 169 cm³/mol. The quantitative estimate of drug-likeness (QED) is 0.195. The van der Waals surface area contributed by atoms with Gasteiger partial charge in [0.05, 0.1) is 16.6 Å². The van der Waals surface area contributed by atoms with Gasteiger partial charge in [-0.2, -0.15) is 0 Å². The molecule has 0 bridgehead atoms. The summed E-state index contributed by atoms with van der Waals surface area (Å²) < 4.78 is 14.8. The summed E-state index contributed by atoms with van der Waals surface area (Å²) in [6.45, 7) is 11.9. The lowest BCUT2D eigenvalue weighted by molar-refractivity contribution is 0.0908. The highest BCUT2D eigenvalue weighted by atomic mass is 19.1. The number of pyridine rings is 2. The molecule has 0 aliphatic rings. The minimum atomic E-state index is -0.736. The summed E-state index contributed by atoms with van der Waals surface area (Å²) >= 11 is 0. The number of hydrogen-bond donors (Lipinski definition) is 3. The van der Waals surface area contributed by atoms with Crippen molar-refractivity contribution in [3.63, 3.8) is 0 Å². The lowest BCUT2D eigenvalue weighted by atomic mass is 9.93. The van der Waals surface area contributed by atoms with E-state index in [1.165, 1.54) is 17.2 Å². The molecule has 0 atom stereocenters. The Kier molecular flexibility index (Phi) is 8.92. The van der Waals surface area contributed by atoms with Crippen LogP contribution in [0, 0.1) is 5.82 Å². The minimum Gasteiger partial charge on any atom is -0.354 e. The highest BCUT2D eigenvalue weighted by molar-refractivity contribution is 6.00. The van der Waals surface area contributed by atoms with Crippen molar-refractivity contribution in [1.29, 1.82) is 0 Å². The van der Waals surface area contributed by atoms with Crippen molar-refractivity contribution in [2.75, 3.05) is 0 Å². The number of H-pyrrole nitrogens is 1. The number of amides is 1. The van der Waals surface area contributed by atoms with E-state index in [-0.39, 0.29) is 21.9 Å². The molecule has 0 aliphatic carbocycles. The zero-order valence-corrected chi connectivity index (χ0v) is 25.1. The van der Waals surface area contributed by atoms with Crippen molar-refractivity contribution < 1.29 is 9.18 Å². The molecule has 0 saturated heterocycles. The van der Waals surface area contributed by atoms with Gasteiger partial charge in [-0.05, 0) is 93.6 Å². The van der Waals surface area contributed by atoms with E-state index in [1.807, 2.05) is 52.8 Å². The van der Waals surface area contributed by atoms with E-state index in [9.17, 15) is 14.0 Å². The summed E-state index contributed by atoms with van der Waals surface area (Å²) in [6, 6.07) is 21.8. The number of aryl methyl sites for hydroxylation is 2. The Morgan fingerprint density at radius 3 is 2.31 bits per heavy atom. The maximum atomic E-state index is 14.8. The molecule has 1 amide bonds. The molecular weight excluding hydrogens is 527 g/mol. The fraction of sp³-hybridized carbons (Fsp3) is 0.286. The van der Waals surface area contributed by atoms with Crippen LogP contribution in [0.1, 0.15) is 74.3 Å². The first-order chi connectivity index (χ1) is 19.8. The fourth-order valence-corrected chi connectivity index (χ4v) is 4.79. The molecule has 5 aromatic rings. The Balaban J connectivity index is 0.000000283. The summed E-state index contributed by atoms with van der Waals surface area (Å²) in [7, 11) is 0. The minimum absolute atomic E-state index is 0.119. The number of aromatic amines is 1. The van der Waals surface area contributed by atoms with Gasteiger partial charge in [-0.1, -0.05) is 50.2 Å². The van der Waals surface area contributed by atoms with Gasteiger partial charge < -0.3 is 16.0 Å². The number of rotatable bonds is 6. The number of carbonyl (C=O) groups excluding carboxylic acids is 1. The van der Waals surface area contributed by atoms with Crippen molar-refractivity contribution in [2.24, 2.45) is 5.73 Å². The Labute approximate surface area is 246 Å². The largest absolute Gasteiger partial charge is 0.354 e. The van der Waals surface area contributed by atoms with Crippen molar-refractivity contribution in [2.45, 2.75) is 65.5 Å². The highest BCUT2D eigenvalue weighted by Gasteiger charge is 2.26. The third-order valence-electron chi connectivity index (χ3n) is 7.44. The summed E-state index contributed by atoms with van der Waals surface area (Å²) in [4.78, 5) is 33.1. The lowest BCUT2D eigenvalue weighted by Crippen LogP contribution is -2.41. The number of benzene rings is 3. The molecule has 5 rings (SSSR count). The van der Waals surface area contributed by atoms with Gasteiger partial charge in [-0.15, -0.1) is 0 Å². The molecule has 218 valence electrons. The molecule has 2 heterocycles. The van der Waals surface area contributed by atoms with Gasteiger partial charge in [0.1, 0.15) is 5.82 Å². The normalized spacial score (nSPS) is 11.7. The Bertz CT molecular complexity index is 1800. The summed E-state index contributed by atoms with van der Waals surface area (Å²) in [5, 5.41) is 3.59. The number of nitrogens with two attached hydrogens (primary N) is 1. The van der Waals surface area contributed by atoms with Gasteiger partial charge >= 0.3 is 0 Å². The lowest BCUT2D eigenvalue weighted by Gasteiger charge is -2.27. The number of hydrogen-bond acceptors (Lipinski definition) is 4. The van der Waals surface area contributed by atoms with E-state index < -0.39 is 17.3 Å². The van der Waals surface area contributed by atoms with E-state index in [0.29, 0.717) is 16.4 Å². The predicted octanol–water partition coefficient (Wildman–Crippen LogP) is 6.89. The van der Waals surface area contributed by atoms with Crippen molar-refractivity contribution >= 4 is 27.7 Å². The van der Waals surface area contributed by atoms with E-state index in [4.69, 9.17) is 5.73 Å². The summed E-state index contributed by atoms with van der Waals surface area (Å²) in [6.07, 6.45) is 3.55. The summed E-state index contributed by atoms with van der Waals surface area (Å²) in [5.41, 5.74) is 10.0. The zero-order chi connectivity index (χ0) is 30.7. The van der Waals surface area contributed by atoms with E-state index in [1.54, 1.807) is 24.4 Å². The second-order valence-electron chi connectivity index (χ2n) is 11.6. The Hall–Kier alpha value is -4.36. The number of carbonyl (C=O) groups is 1. The highest BCUT2D eigenvalue weighted by Crippen LogP contribution is 2.24. The molecule has 0 spiro atoms. The van der Waals surface area contributed by atoms with Crippen LogP contribution in [0.5, 0.6) is 0 Å². The molecule has 0 aliphatic heterocycles. The third kappa shape index (κ3) is 6.74. The molecule has 0 saturated carbocycles. The molecule has 2 aromatic heterocycles. The first-order valence-corrected chi connectivity index (χ1v) is 14.2. The van der Waals surface area contributed by atoms with Gasteiger partial charge in [0.15, 0.2) is 5.43 Å². The average Bonchev–Trinajstić information content (AvgIpc) is 2.97. The van der Waals surface area contributed by atoms with Crippen LogP contribution in [0.25, 0.3) is 21.8 Å². The molecule has 0 fully saturated rings. The molecule has 7 heteroatoms. The molecule has 0 unspecified atom stereocenters. The molecule has 0 radical (unpaired) electrons. The van der Waals surface area contributed by atoms with Crippen LogP contribution in [-0.4, -0.2) is 15.9 Å². The maximum Gasteiger partial charge on any atom is 0.255 e. The number of halogens is 1. The molecule has 3 aromatic carbocycles. The van der Waals surface area contributed by atoms with Crippen LogP contribution in [0.2, 0.25) is 0 Å². The average molecular weight is 567 g/mol. The monoisotopic (exact) mass is 566 g/mol. The number of para-hydroxylation sites is 1. The van der Waals surface area contributed by atoms with E-state index in [2.05, 4.69) is 46.5 Å². The van der Waals surface area contributed by atoms with E-state index >= 15 is 0 Å². The first-order valence-electron chi connectivity index (χ1n) is 14.2. The SMILES string of the molecule is CCc1cc(C(C)(C)NC(=O)c2cc3[nH]c4ccccc4c(=O)c3cc2F)ccn1.CCc1cccc(C(C)(C)N)c1. The Morgan fingerprint density at radius 2 is 1.62 bits per heavy atom. The van der Waals surface area contributed by atoms with Gasteiger partial charge in [0.25, 0.3) is 5.91 Å². The number of aromatic nitrogens is 2. The van der Waals surface area contributed by atoms with Crippen molar-refractivity contribution in [3.8, 4) is 0 Å². The van der Waals surface area contributed by atoms with Crippen molar-refractivity contribution in [1.82, 2.24) is 15.3 Å². The zero-order valence-electron chi connectivity index (χ0n) is 25.1. The maximum absolute atomic E-state index is 14.8. The molecular formula is C35H39FN4O2. The van der Waals surface area contributed by atoms with Crippen LogP contribution < -0.4 is 16.5 Å². The van der Waals surface area contributed by atoms with Crippen LogP contribution in [0.15, 0.2) is 83.8 Å². The smallest absolute Gasteiger partial charge is 0.255 e. The van der Waals surface area contributed by atoms with Crippen LogP contribution >= 0.6 is 0 Å². The Morgan fingerprint density at radius 1 is 0.881 bits per heavy atom. The standard InChI is InChI=1S/C24H22FN3O2.C11H17N/c1-4-15-11-14(9-10-26-15)24(2,3)28-23(30)17-13-21-18(12-19(17)25)22(29)16-7-5-6-8-20(16)27-21;1-4-9-6-5-7-10(8-9)11(2,3)12/h5-13H,4H2,1-3H3,(H,27,29)(H,28,30);5-8H,4,12H2,1-3H3. The number of nitrogens with zero attached hydrogens (tertiary/aromatic N) is 1. The molecule has 42 heavy (non-hydrogen) atoms. The van der Waals surface area contributed by atoms with E-state index in [0.717, 1.165) is 30.2 Å². The third-order valence-corrected chi connectivity index (χ3v) is 7.44. The van der Waals surface area contributed by atoms with Gasteiger partial charge in [0.2, 0.25) is 0 Å². The number of fused-ring (bicyclic) bond motifs is 2. The van der Waals surface area contributed by atoms with Crippen LogP contribution in [0.3, 0.4) is 0 Å². The molecule has 6 nitrogen and oxygen atoms in total. The topological polar surface area (TPSA) is 101 Å². The molecule has 4 N–H and O–H groups in total. The van der Waals surface area contributed by atoms with Gasteiger partial charge in [-0.25, -0.2) is 4.39 Å². The van der Waals surface area contributed by atoms with Gasteiger partial charge in [0, 0.05) is 33.7 Å².